The van der Waals surface area contributed by atoms with Crippen LogP contribution < -0.4 is 0 Å². The van der Waals surface area contributed by atoms with E-state index in [1.807, 2.05) is 55.5 Å². The Labute approximate surface area is 187 Å². The second-order valence-electron chi connectivity index (χ2n) is 8.35. The molecule has 1 aliphatic rings. The molecule has 0 fully saturated rings. The van der Waals surface area contributed by atoms with Crippen LogP contribution >= 0.6 is 0 Å². The minimum Gasteiger partial charge on any atom is -0.340 e. The number of hydrogen-bond acceptors (Lipinski definition) is 4. The summed E-state index contributed by atoms with van der Waals surface area (Å²) in [5, 5.41) is 1.26. The minimum absolute atomic E-state index is 0.251. The lowest BCUT2D eigenvalue weighted by Crippen LogP contribution is -1.93. The van der Waals surface area contributed by atoms with Crippen LogP contribution in [0.5, 0.6) is 0 Å². The van der Waals surface area contributed by atoms with Crippen molar-refractivity contribution in [3.05, 3.63) is 83.2 Å². The van der Waals surface area contributed by atoms with Crippen molar-refractivity contribution in [3.8, 4) is 33.8 Å². The fourth-order valence-corrected chi connectivity index (χ4v) is 5.13. The molecule has 2 aromatic carbocycles. The average Bonchev–Trinajstić information content (AvgIpc) is 3.35. The first-order valence-electron chi connectivity index (χ1n) is 10.5. The third-order valence-corrected chi connectivity index (χ3v) is 7.11. The highest BCUT2D eigenvalue weighted by molar-refractivity contribution is 7.94. The third-order valence-electron chi connectivity index (χ3n) is 5.63. The Morgan fingerprint density at radius 3 is 2.41 bits per heavy atom. The lowest BCUT2D eigenvalue weighted by atomic mass is 9.99. The summed E-state index contributed by atoms with van der Waals surface area (Å²) in [6, 6.07) is 19.6. The van der Waals surface area contributed by atoms with Gasteiger partial charge in [-0.1, -0.05) is 44.2 Å². The lowest BCUT2D eigenvalue weighted by molar-refractivity contribution is 0.605. The molecule has 0 radical (unpaired) electrons. The van der Waals surface area contributed by atoms with E-state index < -0.39 is 9.84 Å². The molecule has 0 amide bonds. The minimum atomic E-state index is -3.30. The molecule has 160 valence electrons. The molecule has 2 aromatic heterocycles. The predicted molar refractivity (Wildman–Crippen MR) is 128 cm³/mol. The van der Waals surface area contributed by atoms with Gasteiger partial charge in [0.25, 0.3) is 0 Å². The Kier molecular flexibility index (Phi) is 4.82. The van der Waals surface area contributed by atoms with Gasteiger partial charge in [-0.2, -0.15) is 0 Å². The molecule has 0 spiro atoms. The maximum absolute atomic E-state index is 12.1. The van der Waals surface area contributed by atoms with Crippen molar-refractivity contribution < 1.29 is 8.42 Å². The van der Waals surface area contributed by atoms with Gasteiger partial charge in [0.1, 0.15) is 5.82 Å². The Morgan fingerprint density at radius 1 is 0.875 bits per heavy atom. The normalized spacial score (nSPS) is 14.1. The molecular weight excluding hydrogens is 418 g/mol. The van der Waals surface area contributed by atoms with E-state index in [2.05, 4.69) is 24.9 Å². The Bertz CT molecular complexity index is 1480. The van der Waals surface area contributed by atoms with Crippen molar-refractivity contribution in [1.82, 2.24) is 15.0 Å². The van der Waals surface area contributed by atoms with Crippen molar-refractivity contribution in [2.45, 2.75) is 31.6 Å². The molecule has 0 bridgehead atoms. The van der Waals surface area contributed by atoms with Crippen LogP contribution in [0.2, 0.25) is 0 Å². The highest BCUT2D eigenvalue weighted by Crippen LogP contribution is 2.35. The summed E-state index contributed by atoms with van der Waals surface area (Å²) in [6.45, 7) is 6.20. The monoisotopic (exact) mass is 441 g/mol. The number of aromatic amines is 1. The van der Waals surface area contributed by atoms with Crippen LogP contribution in [0.25, 0.3) is 39.8 Å². The van der Waals surface area contributed by atoms with Gasteiger partial charge < -0.3 is 4.98 Å². The molecule has 0 saturated heterocycles. The van der Waals surface area contributed by atoms with E-state index in [-0.39, 0.29) is 5.92 Å². The Hall–Kier alpha value is -3.51. The zero-order valence-corrected chi connectivity index (χ0v) is 18.9. The molecule has 5 rings (SSSR count). The van der Waals surface area contributed by atoms with Crippen LogP contribution in [0.1, 0.15) is 36.8 Å². The van der Waals surface area contributed by atoms with Crippen LogP contribution in [0, 0.1) is 6.92 Å². The van der Waals surface area contributed by atoms with Crippen molar-refractivity contribution >= 4 is 15.9 Å². The van der Waals surface area contributed by atoms with Crippen LogP contribution in [0.3, 0.4) is 0 Å². The standard InChI is InChI=1S/C26H23N3O2S/c1-16(2)26-28-24(25(29-26)22-9-4-6-17(3)27-22)21-8-5-7-18(15-21)19-10-11-23-20(14-19)12-13-32(23,30)31/h4-16H,1-3H3,(H,28,29). The van der Waals surface area contributed by atoms with Gasteiger partial charge in [0.05, 0.1) is 22.0 Å². The predicted octanol–water partition coefficient (Wildman–Crippen LogP) is 6.00. The number of aryl methyl sites for hydroxylation is 1. The second-order valence-corrected chi connectivity index (χ2v) is 10.1. The van der Waals surface area contributed by atoms with Gasteiger partial charge in [-0.15, -0.1) is 0 Å². The number of hydrogen-bond donors (Lipinski definition) is 1. The summed E-state index contributed by atoms with van der Waals surface area (Å²) in [6.07, 6.45) is 1.65. The molecular formula is C26H23N3O2S. The van der Waals surface area contributed by atoms with Crippen LogP contribution in [-0.2, 0) is 9.84 Å². The number of nitrogens with one attached hydrogen (secondary N) is 1. The van der Waals surface area contributed by atoms with Gasteiger partial charge in [0.2, 0.25) is 0 Å². The molecule has 0 aliphatic carbocycles. The molecule has 5 nitrogen and oxygen atoms in total. The molecule has 0 saturated carbocycles. The number of benzene rings is 2. The summed E-state index contributed by atoms with van der Waals surface area (Å²) in [5.74, 6) is 1.16. The first-order chi connectivity index (χ1) is 15.3. The number of rotatable bonds is 4. The fraction of sp³-hybridized carbons (Fsp3) is 0.154. The number of sulfone groups is 1. The summed E-state index contributed by atoms with van der Waals surface area (Å²) >= 11 is 0. The summed E-state index contributed by atoms with van der Waals surface area (Å²) in [5.41, 5.74) is 7.23. The smallest absolute Gasteiger partial charge is 0.200 e. The molecule has 4 aromatic rings. The first kappa shape index (κ1) is 20.4. The van der Waals surface area contributed by atoms with Gasteiger partial charge >= 0.3 is 0 Å². The van der Waals surface area contributed by atoms with Gasteiger partial charge in [0.15, 0.2) is 9.84 Å². The van der Waals surface area contributed by atoms with E-state index in [0.717, 1.165) is 50.9 Å². The fourth-order valence-electron chi connectivity index (χ4n) is 3.94. The molecule has 6 heteroatoms. The van der Waals surface area contributed by atoms with Gasteiger partial charge in [-0.05, 0) is 60.0 Å². The number of aromatic nitrogens is 3. The number of fused-ring (bicyclic) bond motifs is 1. The van der Waals surface area contributed by atoms with Crippen molar-refractivity contribution in [1.29, 1.82) is 0 Å². The van der Waals surface area contributed by atoms with Crippen LogP contribution in [0.4, 0.5) is 0 Å². The van der Waals surface area contributed by atoms with E-state index in [1.165, 1.54) is 5.41 Å². The molecule has 1 aliphatic heterocycles. The summed E-state index contributed by atoms with van der Waals surface area (Å²) < 4.78 is 24.2. The first-order valence-corrected chi connectivity index (χ1v) is 12.1. The summed E-state index contributed by atoms with van der Waals surface area (Å²) in [4.78, 5) is 13.4. The average molecular weight is 442 g/mol. The number of imidazole rings is 1. The SMILES string of the molecule is Cc1cccc(-c2[nH]c(C(C)C)nc2-c2cccc(-c3ccc4c(c3)C=CS4(=O)=O)c2)n1. The molecule has 32 heavy (non-hydrogen) atoms. The molecule has 0 unspecified atom stereocenters. The van der Waals surface area contributed by atoms with E-state index in [1.54, 1.807) is 12.1 Å². The zero-order chi connectivity index (χ0) is 22.5. The van der Waals surface area contributed by atoms with Crippen LogP contribution in [0.15, 0.2) is 71.0 Å². The Balaban J connectivity index is 1.62. The second kappa shape index (κ2) is 7.57. The van der Waals surface area contributed by atoms with Gasteiger partial charge in [-0.25, -0.2) is 13.4 Å². The quantitative estimate of drug-likeness (QED) is 0.422. The van der Waals surface area contributed by atoms with E-state index in [0.29, 0.717) is 4.90 Å². The maximum Gasteiger partial charge on any atom is 0.200 e. The number of nitrogens with zero attached hydrogens (tertiary/aromatic N) is 2. The van der Waals surface area contributed by atoms with Crippen LogP contribution in [-0.4, -0.2) is 23.4 Å². The van der Waals surface area contributed by atoms with Gasteiger partial charge in [-0.3, -0.25) is 4.98 Å². The van der Waals surface area contributed by atoms with E-state index >= 15 is 0 Å². The number of pyridine rings is 1. The van der Waals surface area contributed by atoms with Gasteiger partial charge in [0, 0.05) is 22.6 Å². The highest BCUT2D eigenvalue weighted by atomic mass is 32.2. The van der Waals surface area contributed by atoms with Crippen molar-refractivity contribution in [2.24, 2.45) is 0 Å². The third kappa shape index (κ3) is 3.56. The Morgan fingerprint density at radius 2 is 1.62 bits per heavy atom. The number of H-pyrrole nitrogens is 1. The van der Waals surface area contributed by atoms with E-state index in [9.17, 15) is 8.42 Å². The zero-order valence-electron chi connectivity index (χ0n) is 18.1. The lowest BCUT2D eigenvalue weighted by Gasteiger charge is -2.08. The van der Waals surface area contributed by atoms with E-state index in [4.69, 9.17) is 9.97 Å². The largest absolute Gasteiger partial charge is 0.340 e. The molecule has 3 heterocycles. The van der Waals surface area contributed by atoms with Crippen molar-refractivity contribution in [2.75, 3.05) is 0 Å². The molecule has 0 atom stereocenters. The summed E-state index contributed by atoms with van der Waals surface area (Å²) in [7, 11) is -3.30. The maximum atomic E-state index is 12.1. The topological polar surface area (TPSA) is 75.7 Å². The molecule has 1 N–H and O–H groups in total. The van der Waals surface area contributed by atoms with Crippen molar-refractivity contribution in [3.63, 3.8) is 0 Å². The highest BCUT2D eigenvalue weighted by Gasteiger charge is 2.21.